The summed E-state index contributed by atoms with van der Waals surface area (Å²) in [5.41, 5.74) is 2.30. The van der Waals surface area contributed by atoms with E-state index in [-0.39, 0.29) is 12.5 Å². The monoisotopic (exact) mass is 295 g/mol. The van der Waals surface area contributed by atoms with Crippen molar-refractivity contribution >= 4 is 5.91 Å². The number of nitrogens with one attached hydrogen (secondary N) is 1. The summed E-state index contributed by atoms with van der Waals surface area (Å²) in [6, 6.07) is 6.01. The molecule has 0 fully saturated rings. The minimum atomic E-state index is -0.0264. The standard InChI is InChI=1S/C16H25NO4/c1-13-10-14(2)12-15(11-13)21-8-4-16(19)17-5-3-7-20-9-6-18/h10-12,18H,3-9H2,1-2H3,(H,17,19). The van der Waals surface area contributed by atoms with Gasteiger partial charge in [-0.25, -0.2) is 0 Å². The first-order valence-electron chi connectivity index (χ1n) is 7.28. The molecular formula is C16H25NO4. The van der Waals surface area contributed by atoms with Crippen molar-refractivity contribution in [2.24, 2.45) is 0 Å². The lowest BCUT2D eigenvalue weighted by Crippen LogP contribution is -2.26. The molecule has 1 aromatic rings. The number of aliphatic hydroxyl groups excluding tert-OH is 1. The van der Waals surface area contributed by atoms with Gasteiger partial charge in [-0.15, -0.1) is 0 Å². The number of rotatable bonds is 10. The van der Waals surface area contributed by atoms with Crippen molar-refractivity contribution in [2.75, 3.05) is 33.0 Å². The highest BCUT2D eigenvalue weighted by atomic mass is 16.5. The van der Waals surface area contributed by atoms with E-state index in [9.17, 15) is 4.79 Å². The number of amides is 1. The van der Waals surface area contributed by atoms with E-state index in [0.29, 0.717) is 32.8 Å². The molecule has 5 heteroatoms. The van der Waals surface area contributed by atoms with E-state index in [1.807, 2.05) is 26.0 Å². The van der Waals surface area contributed by atoms with Crippen LogP contribution in [0.5, 0.6) is 5.75 Å². The number of aryl methyl sites for hydroxylation is 2. The van der Waals surface area contributed by atoms with E-state index in [4.69, 9.17) is 14.6 Å². The van der Waals surface area contributed by atoms with Crippen molar-refractivity contribution in [1.82, 2.24) is 5.32 Å². The van der Waals surface area contributed by atoms with Crippen molar-refractivity contribution < 1.29 is 19.4 Å². The molecule has 0 aliphatic heterocycles. The van der Waals surface area contributed by atoms with Gasteiger partial charge in [-0.05, 0) is 43.5 Å². The fourth-order valence-corrected chi connectivity index (χ4v) is 1.93. The van der Waals surface area contributed by atoms with Crippen LogP contribution in [0, 0.1) is 13.8 Å². The van der Waals surface area contributed by atoms with Crippen LogP contribution in [-0.4, -0.2) is 44.0 Å². The van der Waals surface area contributed by atoms with Crippen molar-refractivity contribution in [2.45, 2.75) is 26.7 Å². The average Bonchev–Trinajstić information content (AvgIpc) is 2.41. The van der Waals surface area contributed by atoms with E-state index in [0.717, 1.165) is 23.3 Å². The number of carbonyl (C=O) groups excluding carboxylic acids is 1. The Bertz CT molecular complexity index is 414. The fourth-order valence-electron chi connectivity index (χ4n) is 1.93. The first-order chi connectivity index (χ1) is 10.1. The molecule has 0 saturated carbocycles. The molecule has 118 valence electrons. The van der Waals surface area contributed by atoms with Gasteiger partial charge in [-0.1, -0.05) is 6.07 Å². The van der Waals surface area contributed by atoms with E-state index >= 15 is 0 Å². The molecule has 0 saturated heterocycles. The molecule has 0 spiro atoms. The Hall–Kier alpha value is -1.59. The van der Waals surface area contributed by atoms with Gasteiger partial charge in [0.25, 0.3) is 0 Å². The second-order valence-corrected chi connectivity index (χ2v) is 4.96. The third-order valence-corrected chi connectivity index (χ3v) is 2.82. The second-order valence-electron chi connectivity index (χ2n) is 4.96. The maximum Gasteiger partial charge on any atom is 0.223 e. The molecule has 0 aromatic heterocycles. The smallest absolute Gasteiger partial charge is 0.223 e. The van der Waals surface area contributed by atoms with Crippen LogP contribution in [0.3, 0.4) is 0 Å². The molecule has 0 heterocycles. The molecule has 0 atom stereocenters. The lowest BCUT2D eigenvalue weighted by Gasteiger charge is -2.09. The second kappa shape index (κ2) is 10.2. The Morgan fingerprint density at radius 1 is 1.14 bits per heavy atom. The molecule has 0 radical (unpaired) electrons. The molecule has 0 aliphatic rings. The Morgan fingerprint density at radius 2 is 1.86 bits per heavy atom. The Labute approximate surface area is 126 Å². The molecule has 5 nitrogen and oxygen atoms in total. The van der Waals surface area contributed by atoms with Crippen molar-refractivity contribution in [3.8, 4) is 5.75 Å². The number of aliphatic hydroxyl groups is 1. The van der Waals surface area contributed by atoms with Crippen LogP contribution in [-0.2, 0) is 9.53 Å². The van der Waals surface area contributed by atoms with Gasteiger partial charge in [-0.2, -0.15) is 0 Å². The Balaban J connectivity index is 2.10. The van der Waals surface area contributed by atoms with Crippen LogP contribution in [0.4, 0.5) is 0 Å². The number of hydrogen-bond acceptors (Lipinski definition) is 4. The summed E-state index contributed by atoms with van der Waals surface area (Å²) in [7, 11) is 0. The van der Waals surface area contributed by atoms with E-state index in [2.05, 4.69) is 11.4 Å². The highest BCUT2D eigenvalue weighted by Crippen LogP contribution is 2.16. The molecule has 1 amide bonds. The number of ether oxygens (including phenoxy) is 2. The summed E-state index contributed by atoms with van der Waals surface area (Å²) < 4.78 is 10.7. The van der Waals surface area contributed by atoms with Crippen LogP contribution in [0.15, 0.2) is 18.2 Å². The zero-order chi connectivity index (χ0) is 15.5. The van der Waals surface area contributed by atoms with Crippen LogP contribution < -0.4 is 10.1 Å². The van der Waals surface area contributed by atoms with Crippen LogP contribution >= 0.6 is 0 Å². The summed E-state index contributed by atoms with van der Waals surface area (Å²) in [6.07, 6.45) is 1.08. The topological polar surface area (TPSA) is 67.8 Å². The molecule has 0 aliphatic carbocycles. The molecule has 0 unspecified atom stereocenters. The minimum absolute atomic E-state index is 0.0264. The SMILES string of the molecule is Cc1cc(C)cc(OCCC(=O)NCCCOCCO)c1. The van der Waals surface area contributed by atoms with Gasteiger partial charge in [0.15, 0.2) is 0 Å². The largest absolute Gasteiger partial charge is 0.493 e. The van der Waals surface area contributed by atoms with Gasteiger partial charge in [0.1, 0.15) is 5.75 Å². The van der Waals surface area contributed by atoms with E-state index in [1.54, 1.807) is 0 Å². The number of benzene rings is 1. The highest BCUT2D eigenvalue weighted by Gasteiger charge is 2.02. The summed E-state index contributed by atoms with van der Waals surface area (Å²) in [5, 5.41) is 11.3. The zero-order valence-corrected chi connectivity index (χ0v) is 12.9. The molecule has 21 heavy (non-hydrogen) atoms. The predicted molar refractivity (Wildman–Crippen MR) is 81.6 cm³/mol. The van der Waals surface area contributed by atoms with Gasteiger partial charge < -0.3 is 19.9 Å². The molecule has 2 N–H and O–H groups in total. The maximum absolute atomic E-state index is 11.6. The first-order valence-corrected chi connectivity index (χ1v) is 7.28. The van der Waals surface area contributed by atoms with Crippen molar-refractivity contribution in [3.63, 3.8) is 0 Å². The van der Waals surface area contributed by atoms with Crippen molar-refractivity contribution in [3.05, 3.63) is 29.3 Å². The minimum Gasteiger partial charge on any atom is -0.493 e. The van der Waals surface area contributed by atoms with Gasteiger partial charge >= 0.3 is 0 Å². The summed E-state index contributed by atoms with van der Waals surface area (Å²) >= 11 is 0. The third-order valence-electron chi connectivity index (χ3n) is 2.82. The van der Waals surface area contributed by atoms with Crippen LogP contribution in [0.1, 0.15) is 24.0 Å². The van der Waals surface area contributed by atoms with E-state index < -0.39 is 0 Å². The van der Waals surface area contributed by atoms with Crippen LogP contribution in [0.2, 0.25) is 0 Å². The lowest BCUT2D eigenvalue weighted by molar-refractivity contribution is -0.121. The molecular weight excluding hydrogens is 270 g/mol. The maximum atomic E-state index is 11.6. The summed E-state index contributed by atoms with van der Waals surface area (Å²) in [4.78, 5) is 11.6. The molecule has 0 bridgehead atoms. The van der Waals surface area contributed by atoms with E-state index in [1.165, 1.54) is 0 Å². The fraction of sp³-hybridized carbons (Fsp3) is 0.562. The first kappa shape index (κ1) is 17.5. The van der Waals surface area contributed by atoms with Crippen LogP contribution in [0.25, 0.3) is 0 Å². The Kier molecular flexibility index (Phi) is 8.47. The van der Waals surface area contributed by atoms with Gasteiger partial charge in [0.2, 0.25) is 5.91 Å². The number of carbonyl (C=O) groups is 1. The Morgan fingerprint density at radius 3 is 2.52 bits per heavy atom. The molecule has 1 rings (SSSR count). The number of hydrogen-bond donors (Lipinski definition) is 2. The predicted octanol–water partition coefficient (Wildman–Crippen LogP) is 1.59. The normalized spacial score (nSPS) is 10.4. The lowest BCUT2D eigenvalue weighted by atomic mass is 10.1. The quantitative estimate of drug-likeness (QED) is 0.643. The van der Waals surface area contributed by atoms with Gasteiger partial charge in [-0.3, -0.25) is 4.79 Å². The highest BCUT2D eigenvalue weighted by molar-refractivity contribution is 5.75. The average molecular weight is 295 g/mol. The zero-order valence-electron chi connectivity index (χ0n) is 12.9. The summed E-state index contributed by atoms with van der Waals surface area (Å²) in [6.45, 7) is 5.90. The van der Waals surface area contributed by atoms with Gasteiger partial charge in [0, 0.05) is 13.2 Å². The van der Waals surface area contributed by atoms with Gasteiger partial charge in [0.05, 0.1) is 26.2 Å². The summed E-state index contributed by atoms with van der Waals surface area (Å²) in [5.74, 6) is 0.777. The molecule has 1 aromatic carbocycles. The van der Waals surface area contributed by atoms with Crippen molar-refractivity contribution in [1.29, 1.82) is 0 Å². The third kappa shape index (κ3) is 8.32.